The van der Waals surface area contributed by atoms with Crippen LogP contribution in [0.1, 0.15) is 32.8 Å². The number of sulfonamides is 1. The Balaban J connectivity index is 2.20. The second-order valence-corrected chi connectivity index (χ2v) is 8.06. The molecule has 0 aromatic heterocycles. The highest BCUT2D eigenvalue weighted by atomic mass is 32.2. The first-order valence-electron chi connectivity index (χ1n) is 6.97. The van der Waals surface area contributed by atoms with Crippen molar-refractivity contribution in [2.75, 3.05) is 19.8 Å². The van der Waals surface area contributed by atoms with Crippen LogP contribution in [-0.4, -0.2) is 28.2 Å². The summed E-state index contributed by atoms with van der Waals surface area (Å²) in [5.41, 5.74) is 0.636. The Morgan fingerprint density at radius 2 is 2.00 bits per heavy atom. The molecule has 1 heterocycles. The van der Waals surface area contributed by atoms with E-state index < -0.39 is 10.0 Å². The van der Waals surface area contributed by atoms with Gasteiger partial charge in [-0.1, -0.05) is 39.0 Å². The van der Waals surface area contributed by atoms with Crippen molar-refractivity contribution >= 4 is 10.0 Å². The molecule has 0 aliphatic carbocycles. The number of benzene rings is 1. The van der Waals surface area contributed by atoms with Gasteiger partial charge in [0, 0.05) is 13.2 Å². The van der Waals surface area contributed by atoms with Crippen molar-refractivity contribution in [3.8, 4) is 0 Å². The van der Waals surface area contributed by atoms with Gasteiger partial charge in [-0.2, -0.15) is 0 Å². The van der Waals surface area contributed by atoms with Gasteiger partial charge in [0.2, 0.25) is 10.0 Å². The third kappa shape index (κ3) is 3.59. The van der Waals surface area contributed by atoms with Gasteiger partial charge in [-0.15, -0.1) is 0 Å². The molecule has 1 fully saturated rings. The molecule has 0 radical (unpaired) electrons. The van der Waals surface area contributed by atoms with Gasteiger partial charge in [0.15, 0.2) is 0 Å². The van der Waals surface area contributed by atoms with Crippen molar-refractivity contribution in [2.24, 2.45) is 5.92 Å². The molecule has 5 heteroatoms. The van der Waals surface area contributed by atoms with E-state index in [1.807, 2.05) is 32.9 Å². The van der Waals surface area contributed by atoms with Gasteiger partial charge in [0.1, 0.15) is 0 Å². The van der Waals surface area contributed by atoms with Crippen LogP contribution >= 0.6 is 0 Å². The molecule has 112 valence electrons. The monoisotopic (exact) mass is 297 g/mol. The summed E-state index contributed by atoms with van der Waals surface area (Å²) >= 11 is 0. The number of ether oxygens (including phenoxy) is 1. The highest BCUT2D eigenvalue weighted by molar-refractivity contribution is 7.89. The lowest BCUT2D eigenvalue weighted by atomic mass is 9.87. The van der Waals surface area contributed by atoms with Crippen molar-refractivity contribution in [1.29, 1.82) is 0 Å². The standard InChI is InChI=1S/C15H23NO3S/c1-15(2,3)13-6-4-5-7-14(13)20(17,18)16-10-12-8-9-19-11-12/h4-7,12,16H,8-11H2,1-3H3/t12-/m1/s1. The molecule has 1 aliphatic rings. The minimum Gasteiger partial charge on any atom is -0.381 e. The smallest absolute Gasteiger partial charge is 0.240 e. The number of rotatable bonds is 4. The van der Waals surface area contributed by atoms with Gasteiger partial charge in [0.05, 0.1) is 11.5 Å². The summed E-state index contributed by atoms with van der Waals surface area (Å²) in [7, 11) is -3.47. The first-order chi connectivity index (χ1) is 9.31. The molecule has 0 spiro atoms. The maximum Gasteiger partial charge on any atom is 0.240 e. The summed E-state index contributed by atoms with van der Waals surface area (Å²) < 4.78 is 33.0. The Kier molecular flexibility index (Phi) is 4.52. The molecule has 1 saturated heterocycles. The maximum absolute atomic E-state index is 12.5. The number of hydrogen-bond donors (Lipinski definition) is 1. The molecule has 0 bridgehead atoms. The molecular formula is C15H23NO3S. The van der Waals surface area contributed by atoms with E-state index in [1.54, 1.807) is 12.1 Å². The van der Waals surface area contributed by atoms with Gasteiger partial charge < -0.3 is 4.74 Å². The SMILES string of the molecule is CC(C)(C)c1ccccc1S(=O)(=O)NC[C@H]1CCOC1. The van der Waals surface area contributed by atoms with E-state index in [0.717, 1.165) is 18.6 Å². The Morgan fingerprint density at radius 1 is 1.30 bits per heavy atom. The normalized spacial score (nSPS) is 20.2. The molecule has 1 aromatic rings. The van der Waals surface area contributed by atoms with Crippen molar-refractivity contribution < 1.29 is 13.2 Å². The summed E-state index contributed by atoms with van der Waals surface area (Å²) in [5, 5.41) is 0. The van der Waals surface area contributed by atoms with Crippen LogP contribution < -0.4 is 4.72 Å². The molecule has 20 heavy (non-hydrogen) atoms. The fourth-order valence-electron chi connectivity index (χ4n) is 2.37. The number of nitrogens with one attached hydrogen (secondary N) is 1. The first kappa shape index (κ1) is 15.5. The van der Waals surface area contributed by atoms with Gasteiger partial charge in [0.25, 0.3) is 0 Å². The molecule has 4 nitrogen and oxygen atoms in total. The Bertz CT molecular complexity index is 555. The average Bonchev–Trinajstić information content (AvgIpc) is 2.89. The predicted molar refractivity (Wildman–Crippen MR) is 79.3 cm³/mol. The van der Waals surface area contributed by atoms with Crippen LogP contribution in [0.4, 0.5) is 0 Å². The van der Waals surface area contributed by atoms with Crippen molar-refractivity contribution in [2.45, 2.75) is 37.5 Å². The fraction of sp³-hybridized carbons (Fsp3) is 0.600. The maximum atomic E-state index is 12.5. The topological polar surface area (TPSA) is 55.4 Å². The van der Waals surface area contributed by atoms with E-state index in [-0.39, 0.29) is 11.3 Å². The Hall–Kier alpha value is -0.910. The molecule has 1 aromatic carbocycles. The van der Waals surface area contributed by atoms with Crippen LogP contribution in [0.25, 0.3) is 0 Å². The minimum absolute atomic E-state index is 0.207. The third-order valence-electron chi connectivity index (χ3n) is 3.57. The summed E-state index contributed by atoms with van der Waals surface area (Å²) in [6.07, 6.45) is 0.920. The lowest BCUT2D eigenvalue weighted by Gasteiger charge is -2.23. The Morgan fingerprint density at radius 3 is 2.60 bits per heavy atom. The lowest BCUT2D eigenvalue weighted by Crippen LogP contribution is -2.31. The molecular weight excluding hydrogens is 274 g/mol. The van der Waals surface area contributed by atoms with E-state index in [4.69, 9.17) is 4.74 Å². The predicted octanol–water partition coefficient (Wildman–Crippen LogP) is 2.30. The van der Waals surface area contributed by atoms with E-state index in [2.05, 4.69) is 4.72 Å². The van der Waals surface area contributed by atoms with Crippen LogP contribution in [0.2, 0.25) is 0 Å². The zero-order chi connectivity index (χ0) is 14.8. The van der Waals surface area contributed by atoms with E-state index in [1.165, 1.54) is 0 Å². The van der Waals surface area contributed by atoms with Crippen LogP contribution in [-0.2, 0) is 20.2 Å². The zero-order valence-corrected chi connectivity index (χ0v) is 13.2. The summed E-state index contributed by atoms with van der Waals surface area (Å²) in [5.74, 6) is 0.284. The van der Waals surface area contributed by atoms with Gasteiger partial charge in [-0.25, -0.2) is 13.1 Å². The summed E-state index contributed by atoms with van der Waals surface area (Å²) in [6, 6.07) is 7.20. The second kappa shape index (κ2) is 5.84. The van der Waals surface area contributed by atoms with Gasteiger partial charge in [-0.3, -0.25) is 0 Å². The minimum atomic E-state index is -3.47. The molecule has 0 saturated carbocycles. The van der Waals surface area contributed by atoms with Crippen LogP contribution in [0.5, 0.6) is 0 Å². The van der Waals surface area contributed by atoms with E-state index in [0.29, 0.717) is 18.0 Å². The van der Waals surface area contributed by atoms with Crippen molar-refractivity contribution in [3.63, 3.8) is 0 Å². The zero-order valence-electron chi connectivity index (χ0n) is 12.3. The molecule has 1 N–H and O–H groups in total. The second-order valence-electron chi connectivity index (χ2n) is 6.33. The fourth-order valence-corrected chi connectivity index (χ4v) is 3.90. The quantitative estimate of drug-likeness (QED) is 0.928. The molecule has 0 amide bonds. The van der Waals surface area contributed by atoms with E-state index >= 15 is 0 Å². The number of hydrogen-bond acceptors (Lipinski definition) is 3. The highest BCUT2D eigenvalue weighted by Gasteiger charge is 2.26. The largest absolute Gasteiger partial charge is 0.381 e. The van der Waals surface area contributed by atoms with Crippen LogP contribution in [0, 0.1) is 5.92 Å². The molecule has 1 atom stereocenters. The highest BCUT2D eigenvalue weighted by Crippen LogP contribution is 2.28. The molecule has 2 rings (SSSR count). The Labute approximate surface area is 121 Å². The van der Waals surface area contributed by atoms with Crippen LogP contribution in [0.3, 0.4) is 0 Å². The summed E-state index contributed by atoms with van der Waals surface area (Å²) in [4.78, 5) is 0.381. The van der Waals surface area contributed by atoms with Crippen molar-refractivity contribution in [1.82, 2.24) is 4.72 Å². The molecule has 1 aliphatic heterocycles. The third-order valence-corrected chi connectivity index (χ3v) is 5.05. The average molecular weight is 297 g/mol. The van der Waals surface area contributed by atoms with E-state index in [9.17, 15) is 8.42 Å². The molecule has 0 unspecified atom stereocenters. The van der Waals surface area contributed by atoms with Gasteiger partial charge >= 0.3 is 0 Å². The lowest BCUT2D eigenvalue weighted by molar-refractivity contribution is 0.186. The first-order valence-corrected chi connectivity index (χ1v) is 8.46. The van der Waals surface area contributed by atoms with Crippen molar-refractivity contribution in [3.05, 3.63) is 29.8 Å². The van der Waals surface area contributed by atoms with Crippen LogP contribution in [0.15, 0.2) is 29.2 Å². The summed E-state index contributed by atoms with van der Waals surface area (Å²) in [6.45, 7) is 7.87. The van der Waals surface area contributed by atoms with Gasteiger partial charge in [-0.05, 0) is 29.4 Å².